The van der Waals surface area contributed by atoms with Gasteiger partial charge in [0.2, 0.25) is 0 Å². The summed E-state index contributed by atoms with van der Waals surface area (Å²) in [5.41, 5.74) is 0.530. The standard InChI is InChI=1S/C19H14N2O2S/c1-12(13-7-3-2-4-8-13)17(22)15(11-20)19-21-18(23)14-9-5-6-10-16(14)24-19/h2-10,12,22H,1H3/b17-15-. The number of aliphatic hydroxyl groups is 1. The van der Waals surface area contributed by atoms with Crippen LogP contribution in [0.4, 0.5) is 0 Å². The van der Waals surface area contributed by atoms with Gasteiger partial charge in [-0.15, -0.1) is 11.3 Å². The van der Waals surface area contributed by atoms with Crippen LogP contribution < -0.4 is 5.56 Å². The van der Waals surface area contributed by atoms with Gasteiger partial charge in [-0.2, -0.15) is 10.2 Å². The Labute approximate surface area is 143 Å². The molecule has 4 nitrogen and oxygen atoms in total. The van der Waals surface area contributed by atoms with E-state index in [-0.39, 0.29) is 22.3 Å². The molecule has 0 saturated carbocycles. The maximum Gasteiger partial charge on any atom is 0.279 e. The number of nitrogens with zero attached hydrogens (tertiary/aromatic N) is 2. The molecule has 0 spiro atoms. The Morgan fingerprint density at radius 3 is 2.54 bits per heavy atom. The summed E-state index contributed by atoms with van der Waals surface area (Å²) in [5, 5.41) is 20.8. The van der Waals surface area contributed by atoms with Crippen molar-refractivity contribution in [3.63, 3.8) is 0 Å². The fourth-order valence-electron chi connectivity index (χ4n) is 2.45. The molecule has 1 N–H and O–H groups in total. The third-order valence-electron chi connectivity index (χ3n) is 3.82. The van der Waals surface area contributed by atoms with Gasteiger partial charge in [0.1, 0.15) is 22.4 Å². The fourth-order valence-corrected chi connectivity index (χ4v) is 3.45. The molecule has 0 fully saturated rings. The highest BCUT2D eigenvalue weighted by Gasteiger charge is 2.19. The van der Waals surface area contributed by atoms with Crippen molar-refractivity contribution >= 4 is 27.0 Å². The van der Waals surface area contributed by atoms with Crippen LogP contribution in [0.1, 0.15) is 23.4 Å². The summed E-state index contributed by atoms with van der Waals surface area (Å²) in [4.78, 5) is 16.2. The van der Waals surface area contributed by atoms with Crippen LogP contribution in [0.15, 0.2) is 65.2 Å². The summed E-state index contributed by atoms with van der Waals surface area (Å²) < 4.78 is 0.736. The van der Waals surface area contributed by atoms with Crippen LogP contribution >= 0.6 is 11.3 Å². The summed E-state index contributed by atoms with van der Waals surface area (Å²) in [7, 11) is 0. The summed E-state index contributed by atoms with van der Waals surface area (Å²) in [6, 6.07) is 18.5. The molecule has 0 aliphatic carbocycles. The number of fused-ring (bicyclic) bond motifs is 1. The highest BCUT2D eigenvalue weighted by atomic mass is 32.1. The number of aromatic nitrogens is 1. The lowest BCUT2D eigenvalue weighted by molar-refractivity contribution is 0.378. The van der Waals surface area contributed by atoms with E-state index in [0.29, 0.717) is 5.39 Å². The molecular formula is C19H14N2O2S. The smallest absolute Gasteiger partial charge is 0.279 e. The second-order valence-electron chi connectivity index (χ2n) is 5.32. The molecule has 0 aliphatic heterocycles. The van der Waals surface area contributed by atoms with Crippen LogP contribution in [0.3, 0.4) is 0 Å². The monoisotopic (exact) mass is 334 g/mol. The van der Waals surface area contributed by atoms with Gasteiger partial charge in [-0.25, -0.2) is 0 Å². The van der Waals surface area contributed by atoms with Crippen molar-refractivity contribution in [2.24, 2.45) is 0 Å². The molecule has 1 aromatic heterocycles. The third-order valence-corrected chi connectivity index (χ3v) is 4.88. The van der Waals surface area contributed by atoms with Gasteiger partial charge in [-0.3, -0.25) is 4.79 Å². The van der Waals surface area contributed by atoms with Gasteiger partial charge in [0, 0.05) is 10.6 Å². The van der Waals surface area contributed by atoms with E-state index in [4.69, 9.17) is 0 Å². The van der Waals surface area contributed by atoms with Crippen molar-refractivity contribution in [2.75, 3.05) is 0 Å². The lowest BCUT2D eigenvalue weighted by Gasteiger charge is -2.12. The Balaban J connectivity index is 2.15. The molecule has 5 heteroatoms. The molecule has 1 atom stereocenters. The lowest BCUT2D eigenvalue weighted by atomic mass is 9.96. The molecule has 0 amide bonds. The second kappa shape index (κ2) is 6.65. The third kappa shape index (κ3) is 2.92. The first kappa shape index (κ1) is 15.9. The summed E-state index contributed by atoms with van der Waals surface area (Å²) in [6.45, 7) is 1.81. The van der Waals surface area contributed by atoms with Crippen molar-refractivity contribution in [3.05, 3.63) is 81.3 Å². The molecule has 0 radical (unpaired) electrons. The average Bonchev–Trinajstić information content (AvgIpc) is 2.62. The van der Waals surface area contributed by atoms with Gasteiger partial charge in [0.05, 0.1) is 5.39 Å². The highest BCUT2D eigenvalue weighted by molar-refractivity contribution is 7.19. The summed E-state index contributed by atoms with van der Waals surface area (Å²) >= 11 is 1.22. The van der Waals surface area contributed by atoms with E-state index in [1.54, 1.807) is 18.2 Å². The maximum atomic E-state index is 12.2. The van der Waals surface area contributed by atoms with E-state index in [1.165, 1.54) is 11.3 Å². The van der Waals surface area contributed by atoms with Crippen LogP contribution in [0.2, 0.25) is 0 Å². The van der Waals surface area contributed by atoms with Gasteiger partial charge in [0.25, 0.3) is 5.56 Å². The maximum absolute atomic E-state index is 12.2. The van der Waals surface area contributed by atoms with Gasteiger partial charge in [0.15, 0.2) is 0 Å². The number of benzene rings is 2. The minimum absolute atomic E-state index is 0.0409. The number of aliphatic hydroxyl groups excluding tert-OH is 1. The van der Waals surface area contributed by atoms with Gasteiger partial charge in [-0.1, -0.05) is 49.4 Å². The Morgan fingerprint density at radius 2 is 1.83 bits per heavy atom. The number of nitriles is 1. The van der Waals surface area contributed by atoms with Crippen molar-refractivity contribution in [3.8, 4) is 6.07 Å². The normalized spacial score (nSPS) is 13.2. The number of rotatable bonds is 3. The van der Waals surface area contributed by atoms with E-state index in [2.05, 4.69) is 4.98 Å². The van der Waals surface area contributed by atoms with Crippen LogP contribution in [0, 0.1) is 11.3 Å². The molecule has 24 heavy (non-hydrogen) atoms. The highest BCUT2D eigenvalue weighted by Crippen LogP contribution is 2.30. The second-order valence-corrected chi connectivity index (χ2v) is 6.36. The molecule has 0 aliphatic rings. The summed E-state index contributed by atoms with van der Waals surface area (Å²) in [6.07, 6.45) is 0. The lowest BCUT2D eigenvalue weighted by Crippen LogP contribution is -2.09. The van der Waals surface area contributed by atoms with Crippen molar-refractivity contribution in [2.45, 2.75) is 12.8 Å². The molecule has 0 bridgehead atoms. The van der Waals surface area contributed by atoms with Crippen molar-refractivity contribution in [1.29, 1.82) is 5.26 Å². The molecule has 2 aromatic carbocycles. The van der Waals surface area contributed by atoms with Crippen LogP contribution in [-0.4, -0.2) is 10.1 Å². The van der Waals surface area contributed by atoms with Crippen molar-refractivity contribution in [1.82, 2.24) is 4.98 Å². The van der Waals surface area contributed by atoms with E-state index in [1.807, 2.05) is 49.4 Å². The Morgan fingerprint density at radius 1 is 1.17 bits per heavy atom. The number of hydrogen-bond acceptors (Lipinski definition) is 5. The molecule has 3 aromatic rings. The van der Waals surface area contributed by atoms with E-state index in [9.17, 15) is 15.2 Å². The zero-order valence-electron chi connectivity index (χ0n) is 12.9. The predicted molar refractivity (Wildman–Crippen MR) is 95.9 cm³/mol. The van der Waals surface area contributed by atoms with Gasteiger partial charge < -0.3 is 5.11 Å². The first-order valence-corrected chi connectivity index (χ1v) is 8.22. The topological polar surface area (TPSA) is 74.0 Å². The quantitative estimate of drug-likeness (QED) is 0.574. The molecular weight excluding hydrogens is 320 g/mol. The SMILES string of the molecule is CC(/C(O)=C(\C#N)c1nc(=O)c2ccccc2s1)c1ccccc1. The molecule has 118 valence electrons. The molecule has 0 saturated heterocycles. The average molecular weight is 334 g/mol. The Hall–Kier alpha value is -2.97. The first-order valence-electron chi connectivity index (χ1n) is 7.40. The minimum atomic E-state index is -0.396. The zero-order valence-corrected chi connectivity index (χ0v) is 13.7. The van der Waals surface area contributed by atoms with Crippen LogP contribution in [-0.2, 0) is 0 Å². The zero-order chi connectivity index (χ0) is 17.1. The Kier molecular flexibility index (Phi) is 4.41. The fraction of sp³-hybridized carbons (Fsp3) is 0.105. The van der Waals surface area contributed by atoms with E-state index < -0.39 is 5.56 Å². The van der Waals surface area contributed by atoms with E-state index >= 15 is 0 Å². The first-order chi connectivity index (χ1) is 11.6. The van der Waals surface area contributed by atoms with Gasteiger partial charge in [-0.05, 0) is 17.7 Å². The van der Waals surface area contributed by atoms with Crippen LogP contribution in [0.25, 0.3) is 15.7 Å². The molecule has 1 unspecified atom stereocenters. The molecule has 3 rings (SSSR count). The van der Waals surface area contributed by atoms with Crippen LogP contribution in [0.5, 0.6) is 0 Å². The number of hydrogen-bond donors (Lipinski definition) is 1. The minimum Gasteiger partial charge on any atom is -0.510 e. The summed E-state index contributed by atoms with van der Waals surface area (Å²) in [5.74, 6) is -0.446. The molecule has 1 heterocycles. The predicted octanol–water partition coefficient (Wildman–Crippen LogP) is 4.25. The number of allylic oxidation sites excluding steroid dienone is 2. The Bertz CT molecular complexity index is 1020. The van der Waals surface area contributed by atoms with Crippen molar-refractivity contribution < 1.29 is 5.11 Å². The largest absolute Gasteiger partial charge is 0.510 e. The van der Waals surface area contributed by atoms with Gasteiger partial charge >= 0.3 is 0 Å². The van der Waals surface area contributed by atoms with E-state index in [0.717, 1.165) is 10.3 Å².